The molecule has 0 radical (unpaired) electrons. The Morgan fingerprint density at radius 1 is 1.03 bits per heavy atom. The summed E-state index contributed by atoms with van der Waals surface area (Å²) in [5.74, 6) is -4.29. The zero-order chi connectivity index (χ0) is 21.5. The van der Waals surface area contributed by atoms with Gasteiger partial charge in [-0.3, -0.25) is 9.59 Å². The molecular formula is C19H14F5N3O2. The van der Waals surface area contributed by atoms with Gasteiger partial charge in [0.2, 0.25) is 0 Å². The first-order valence-electron chi connectivity index (χ1n) is 8.34. The average molecular weight is 411 g/mol. The van der Waals surface area contributed by atoms with Gasteiger partial charge in [-0.25, -0.2) is 27.1 Å². The minimum absolute atomic E-state index is 0.00724. The van der Waals surface area contributed by atoms with Crippen LogP contribution in [-0.4, -0.2) is 28.1 Å². The molecule has 1 aromatic heterocycles. The van der Waals surface area contributed by atoms with E-state index in [-0.39, 0.29) is 22.0 Å². The molecule has 2 aromatic carbocycles. The van der Waals surface area contributed by atoms with Gasteiger partial charge in [0.1, 0.15) is 5.82 Å². The number of rotatable bonds is 4. The Hall–Kier alpha value is -3.30. The van der Waals surface area contributed by atoms with Crippen LogP contribution in [0.15, 0.2) is 35.1 Å². The molecule has 10 heteroatoms. The Bertz CT molecular complexity index is 1160. The van der Waals surface area contributed by atoms with Crippen molar-refractivity contribution < 1.29 is 26.7 Å². The molecule has 29 heavy (non-hydrogen) atoms. The predicted octanol–water partition coefficient (Wildman–Crippen LogP) is 4.11. The number of carbonyl (C=O) groups is 1. The number of nitrogens with one attached hydrogen (secondary N) is 1. The van der Waals surface area contributed by atoms with Crippen molar-refractivity contribution in [1.29, 1.82) is 0 Å². The predicted molar refractivity (Wildman–Crippen MR) is 94.1 cm³/mol. The van der Waals surface area contributed by atoms with Gasteiger partial charge < -0.3 is 4.90 Å². The molecule has 3 rings (SSSR count). The van der Waals surface area contributed by atoms with Crippen LogP contribution in [0.1, 0.15) is 41.0 Å². The third kappa shape index (κ3) is 3.69. The monoisotopic (exact) mass is 411 g/mol. The van der Waals surface area contributed by atoms with Crippen LogP contribution < -0.4 is 5.56 Å². The van der Waals surface area contributed by atoms with E-state index in [1.807, 2.05) is 0 Å². The highest BCUT2D eigenvalue weighted by Gasteiger charge is 2.25. The second-order valence-electron chi connectivity index (χ2n) is 6.38. The van der Waals surface area contributed by atoms with Crippen LogP contribution in [0, 0.1) is 17.5 Å². The van der Waals surface area contributed by atoms with Gasteiger partial charge >= 0.3 is 0 Å². The van der Waals surface area contributed by atoms with Crippen molar-refractivity contribution in [3.63, 3.8) is 0 Å². The van der Waals surface area contributed by atoms with E-state index in [1.54, 1.807) is 0 Å². The molecule has 152 valence electrons. The minimum Gasteiger partial charge on any atom is -0.333 e. The standard InChI is InChI=1S/C19H14F5N3O2/c1-8(16-10-6-14(21)15(22)7-11(10)18(28)26-25-16)27(2)19(29)9-3-4-13(20)12(5-9)17(23)24/h3-8,17H,1-2H3,(H,26,28)/t8-/m1/s1. The zero-order valence-electron chi connectivity index (χ0n) is 15.1. The van der Waals surface area contributed by atoms with Crippen LogP contribution in [0.4, 0.5) is 22.0 Å². The minimum atomic E-state index is -3.10. The van der Waals surface area contributed by atoms with Crippen molar-refractivity contribution in [1.82, 2.24) is 15.1 Å². The fourth-order valence-electron chi connectivity index (χ4n) is 2.90. The van der Waals surface area contributed by atoms with E-state index in [1.165, 1.54) is 14.0 Å². The lowest BCUT2D eigenvalue weighted by Gasteiger charge is -2.25. The van der Waals surface area contributed by atoms with E-state index in [0.29, 0.717) is 0 Å². The fourth-order valence-corrected chi connectivity index (χ4v) is 2.90. The smallest absolute Gasteiger partial charge is 0.272 e. The van der Waals surface area contributed by atoms with Crippen molar-refractivity contribution in [3.05, 3.63) is 75.0 Å². The maximum atomic E-state index is 13.7. The summed E-state index contributed by atoms with van der Waals surface area (Å²) in [7, 11) is 1.33. The molecule has 5 nitrogen and oxygen atoms in total. The van der Waals surface area contributed by atoms with E-state index in [2.05, 4.69) is 10.2 Å². The summed E-state index contributed by atoms with van der Waals surface area (Å²) in [6.45, 7) is 1.50. The number of nitrogens with zero attached hydrogens (tertiary/aromatic N) is 2. The van der Waals surface area contributed by atoms with Crippen molar-refractivity contribution >= 4 is 16.7 Å². The average Bonchev–Trinajstić information content (AvgIpc) is 2.68. The molecule has 0 spiro atoms. The molecule has 0 aliphatic carbocycles. The highest BCUT2D eigenvalue weighted by molar-refractivity contribution is 5.95. The first-order valence-corrected chi connectivity index (χ1v) is 8.34. The van der Waals surface area contributed by atoms with Gasteiger partial charge in [-0.15, -0.1) is 0 Å². The van der Waals surface area contributed by atoms with Gasteiger partial charge in [0.25, 0.3) is 17.9 Å². The van der Waals surface area contributed by atoms with Crippen molar-refractivity contribution in [2.45, 2.75) is 19.4 Å². The van der Waals surface area contributed by atoms with E-state index in [0.717, 1.165) is 35.2 Å². The molecule has 0 bridgehead atoms. The normalized spacial score (nSPS) is 12.4. The first-order chi connectivity index (χ1) is 13.6. The van der Waals surface area contributed by atoms with Crippen LogP contribution in [0.3, 0.4) is 0 Å². The third-order valence-electron chi connectivity index (χ3n) is 4.63. The van der Waals surface area contributed by atoms with E-state index < -0.39 is 46.9 Å². The molecule has 0 aliphatic heterocycles. The number of hydrogen-bond acceptors (Lipinski definition) is 3. The quantitative estimate of drug-likeness (QED) is 0.657. The SMILES string of the molecule is C[C@H](c1n[nH]c(=O)c2cc(F)c(F)cc12)N(C)C(=O)c1ccc(F)c(C(F)F)c1. The summed E-state index contributed by atoms with van der Waals surface area (Å²) < 4.78 is 66.5. The summed E-state index contributed by atoms with van der Waals surface area (Å²) >= 11 is 0. The number of aromatic amines is 1. The molecule has 0 unspecified atom stereocenters. The maximum absolute atomic E-state index is 13.7. The molecule has 0 saturated carbocycles. The Labute approximate surface area is 160 Å². The van der Waals surface area contributed by atoms with Crippen molar-refractivity contribution in [3.8, 4) is 0 Å². The molecule has 0 saturated heterocycles. The number of halogens is 5. The first kappa shape index (κ1) is 20.4. The topological polar surface area (TPSA) is 66.1 Å². The number of fused-ring (bicyclic) bond motifs is 1. The highest BCUT2D eigenvalue weighted by Crippen LogP contribution is 2.28. The number of alkyl halides is 2. The third-order valence-corrected chi connectivity index (χ3v) is 4.63. The number of aromatic nitrogens is 2. The molecule has 3 aromatic rings. The van der Waals surface area contributed by atoms with Crippen LogP contribution in [-0.2, 0) is 0 Å². The molecule has 0 fully saturated rings. The number of hydrogen-bond donors (Lipinski definition) is 1. The second-order valence-corrected chi connectivity index (χ2v) is 6.38. The van der Waals surface area contributed by atoms with Gasteiger partial charge in [0.15, 0.2) is 11.6 Å². The van der Waals surface area contributed by atoms with Crippen LogP contribution >= 0.6 is 0 Å². The number of H-pyrrole nitrogens is 1. The Balaban J connectivity index is 2.03. The summed E-state index contributed by atoms with van der Waals surface area (Å²) in [6, 6.07) is 3.21. The van der Waals surface area contributed by atoms with Crippen molar-refractivity contribution in [2.75, 3.05) is 7.05 Å². The van der Waals surface area contributed by atoms with Crippen LogP contribution in [0.25, 0.3) is 10.8 Å². The highest BCUT2D eigenvalue weighted by atomic mass is 19.3. The largest absolute Gasteiger partial charge is 0.333 e. The van der Waals surface area contributed by atoms with E-state index in [9.17, 15) is 31.5 Å². The van der Waals surface area contributed by atoms with Gasteiger partial charge in [0, 0.05) is 18.0 Å². The summed E-state index contributed by atoms with van der Waals surface area (Å²) in [6.07, 6.45) is -3.10. The lowest BCUT2D eigenvalue weighted by molar-refractivity contribution is 0.0739. The van der Waals surface area contributed by atoms with Crippen LogP contribution in [0.2, 0.25) is 0 Å². The van der Waals surface area contributed by atoms with Gasteiger partial charge in [-0.1, -0.05) is 0 Å². The number of carbonyl (C=O) groups excluding carboxylic acids is 1. The van der Waals surface area contributed by atoms with Gasteiger partial charge in [0.05, 0.1) is 22.7 Å². The van der Waals surface area contributed by atoms with Gasteiger partial charge in [-0.05, 0) is 37.3 Å². The zero-order valence-corrected chi connectivity index (χ0v) is 15.1. The van der Waals surface area contributed by atoms with Gasteiger partial charge in [-0.2, -0.15) is 5.10 Å². The Morgan fingerprint density at radius 3 is 2.28 bits per heavy atom. The molecule has 0 aliphatic rings. The molecular weight excluding hydrogens is 397 g/mol. The summed E-state index contributed by atoms with van der Waals surface area (Å²) in [5, 5.41) is 5.82. The molecule has 1 amide bonds. The molecule has 1 heterocycles. The number of benzene rings is 2. The van der Waals surface area contributed by atoms with Crippen LogP contribution in [0.5, 0.6) is 0 Å². The Kier molecular flexibility index (Phi) is 5.36. The number of amides is 1. The lowest BCUT2D eigenvalue weighted by atomic mass is 10.0. The fraction of sp³-hybridized carbons (Fsp3) is 0.211. The maximum Gasteiger partial charge on any atom is 0.272 e. The summed E-state index contributed by atoms with van der Waals surface area (Å²) in [4.78, 5) is 25.7. The summed E-state index contributed by atoms with van der Waals surface area (Å²) in [5.41, 5.74) is -1.79. The van der Waals surface area contributed by atoms with Crippen molar-refractivity contribution in [2.24, 2.45) is 0 Å². The van der Waals surface area contributed by atoms with E-state index >= 15 is 0 Å². The Morgan fingerprint density at radius 2 is 1.66 bits per heavy atom. The molecule has 1 atom stereocenters. The van der Waals surface area contributed by atoms with E-state index in [4.69, 9.17) is 0 Å². The lowest BCUT2D eigenvalue weighted by Crippen LogP contribution is -2.31. The second kappa shape index (κ2) is 7.61. The molecule has 1 N–H and O–H groups in total.